The number of ether oxygens (including phenoxy) is 2. The largest absolute Gasteiger partial charge is 0.493 e. The van der Waals surface area contributed by atoms with Gasteiger partial charge in [0.1, 0.15) is 0 Å². The van der Waals surface area contributed by atoms with Crippen LogP contribution in [0, 0.1) is 0 Å². The van der Waals surface area contributed by atoms with E-state index in [4.69, 9.17) is 19.4 Å². The van der Waals surface area contributed by atoms with Crippen LogP contribution in [0.25, 0.3) is 0 Å². The number of halogens is 3. The van der Waals surface area contributed by atoms with Crippen molar-refractivity contribution in [3.8, 4) is 11.5 Å². The lowest BCUT2D eigenvalue weighted by Gasteiger charge is -2.45. The van der Waals surface area contributed by atoms with Crippen LogP contribution in [0.1, 0.15) is 64.4 Å². The van der Waals surface area contributed by atoms with Gasteiger partial charge in [-0.05, 0) is 81.3 Å². The second kappa shape index (κ2) is 14.7. The molecule has 1 aromatic carbocycles. The van der Waals surface area contributed by atoms with E-state index in [1.807, 2.05) is 6.07 Å². The normalized spacial score (nSPS) is 23.0. The molecule has 1 aliphatic heterocycles. The second-order valence-corrected chi connectivity index (χ2v) is 10.7. The van der Waals surface area contributed by atoms with Crippen molar-refractivity contribution in [3.63, 3.8) is 0 Å². The van der Waals surface area contributed by atoms with Gasteiger partial charge in [-0.1, -0.05) is 26.3 Å². The Bertz CT molecular complexity index is 921. The predicted octanol–water partition coefficient (Wildman–Crippen LogP) is 5.36. The number of carbonyl (C=O) groups excluding carboxylic acids is 1. The van der Waals surface area contributed by atoms with Crippen molar-refractivity contribution < 1.29 is 37.3 Å². The van der Waals surface area contributed by atoms with E-state index in [-0.39, 0.29) is 11.4 Å². The van der Waals surface area contributed by atoms with Gasteiger partial charge in [-0.3, -0.25) is 9.62 Å². The van der Waals surface area contributed by atoms with E-state index in [1.165, 1.54) is 12.0 Å². The highest BCUT2D eigenvalue weighted by atomic mass is 32.2. The lowest BCUT2D eigenvalue weighted by Crippen LogP contribution is -2.48. The highest BCUT2D eigenvalue weighted by Gasteiger charge is 2.51. The minimum atomic E-state index is -5.08. The zero-order valence-electron chi connectivity index (χ0n) is 22.5. The molecule has 2 aliphatic rings. The van der Waals surface area contributed by atoms with Crippen molar-refractivity contribution in [2.75, 3.05) is 33.9 Å². The number of carboxylic acids is 1. The molecule has 1 saturated heterocycles. The van der Waals surface area contributed by atoms with Crippen molar-refractivity contribution in [2.45, 2.75) is 81.7 Å². The summed E-state index contributed by atoms with van der Waals surface area (Å²) in [5, 5.41) is 10.5. The number of unbranched alkanes of at least 4 members (excludes halogenated alkanes) is 1. The zero-order chi connectivity index (χ0) is 28.3. The number of benzene rings is 1. The lowest BCUT2D eigenvalue weighted by molar-refractivity contribution is -0.192. The Kier molecular flexibility index (Phi) is 12.3. The number of rotatable bonds is 10. The van der Waals surface area contributed by atoms with Crippen LogP contribution in [-0.2, 0) is 10.2 Å². The molecule has 0 spiro atoms. The molecule has 1 aliphatic carbocycles. The molecule has 0 radical (unpaired) electrons. The predicted molar refractivity (Wildman–Crippen MR) is 142 cm³/mol. The van der Waals surface area contributed by atoms with Crippen LogP contribution in [0.2, 0.25) is 0 Å². The van der Waals surface area contributed by atoms with Crippen molar-refractivity contribution >= 4 is 23.9 Å². The van der Waals surface area contributed by atoms with Gasteiger partial charge in [0, 0.05) is 23.3 Å². The summed E-state index contributed by atoms with van der Waals surface area (Å²) in [6.07, 6.45) is 2.68. The molecule has 1 aromatic rings. The second-order valence-electron chi connectivity index (χ2n) is 9.56. The lowest BCUT2D eigenvalue weighted by atomic mass is 9.66. The number of aliphatic carboxylic acids is 1. The van der Waals surface area contributed by atoms with E-state index >= 15 is 0 Å². The van der Waals surface area contributed by atoms with Gasteiger partial charge in [0.15, 0.2) is 11.5 Å². The zero-order valence-corrected chi connectivity index (χ0v) is 23.3. The van der Waals surface area contributed by atoms with Gasteiger partial charge in [0.2, 0.25) is 0 Å². The number of likely N-dealkylation sites (tertiary alicyclic amines) is 1. The first kappa shape index (κ1) is 31.9. The maximum atomic E-state index is 12.1. The van der Waals surface area contributed by atoms with Crippen LogP contribution in [0.4, 0.5) is 18.0 Å². The number of carbonyl (C=O) groups is 2. The number of amides is 2. The van der Waals surface area contributed by atoms with Crippen LogP contribution >= 0.6 is 11.9 Å². The summed E-state index contributed by atoms with van der Waals surface area (Å²) in [6, 6.07) is 6.89. The molecule has 12 heteroatoms. The van der Waals surface area contributed by atoms with Crippen molar-refractivity contribution in [2.24, 2.45) is 0 Å². The number of nitrogens with zero attached hydrogens (tertiary/aromatic N) is 1. The van der Waals surface area contributed by atoms with Gasteiger partial charge >= 0.3 is 18.2 Å². The number of methoxy groups -OCH3 is 2. The fraction of sp³-hybridized carbons (Fsp3) is 0.692. The molecule has 38 heavy (non-hydrogen) atoms. The number of hydrogen-bond acceptors (Lipinski definition) is 6. The fourth-order valence-electron chi connectivity index (χ4n) is 5.31. The van der Waals surface area contributed by atoms with E-state index in [0.29, 0.717) is 11.3 Å². The van der Waals surface area contributed by atoms with Gasteiger partial charge in [0.25, 0.3) is 0 Å². The van der Waals surface area contributed by atoms with E-state index in [1.54, 1.807) is 26.2 Å². The Hall–Kier alpha value is -2.34. The Balaban J connectivity index is 0.000000638. The third-order valence-electron chi connectivity index (χ3n) is 7.17. The van der Waals surface area contributed by atoms with Crippen LogP contribution in [-0.4, -0.2) is 73.3 Å². The van der Waals surface area contributed by atoms with Gasteiger partial charge in [0.05, 0.1) is 14.2 Å². The molecular weight excluding hydrogens is 523 g/mol. The Morgan fingerprint density at radius 2 is 1.84 bits per heavy atom. The van der Waals surface area contributed by atoms with E-state index in [2.05, 4.69) is 40.9 Å². The molecular formula is C26H40F3N3O5S. The summed E-state index contributed by atoms with van der Waals surface area (Å²) in [4.78, 5) is 23.7. The first-order valence-corrected chi connectivity index (χ1v) is 13.9. The van der Waals surface area contributed by atoms with Gasteiger partial charge in [-0.25, -0.2) is 9.59 Å². The van der Waals surface area contributed by atoms with E-state index in [0.717, 1.165) is 69.7 Å². The Morgan fingerprint density at radius 1 is 1.16 bits per heavy atom. The Labute approximate surface area is 227 Å². The molecule has 1 heterocycles. The molecule has 2 fully saturated rings. The van der Waals surface area contributed by atoms with Crippen molar-refractivity contribution in [3.05, 3.63) is 23.8 Å². The van der Waals surface area contributed by atoms with E-state index < -0.39 is 12.1 Å². The molecule has 0 bridgehead atoms. The SMILES string of the molecule is CCCCNC(=O)NSC1CCC2(c3ccc(OC)c(OC)c3)CCN(CCC)C2C1.O=C(O)C(F)(F)F. The molecule has 2 amide bonds. The topological polar surface area (TPSA) is 100 Å². The molecule has 1 saturated carbocycles. The highest BCUT2D eigenvalue weighted by Crippen LogP contribution is 2.51. The van der Waals surface area contributed by atoms with Crippen molar-refractivity contribution in [1.29, 1.82) is 0 Å². The molecule has 0 aromatic heterocycles. The number of nitrogens with one attached hydrogen (secondary N) is 2. The minimum absolute atomic E-state index is 0.0630. The number of fused-ring (bicyclic) bond motifs is 1. The number of urea groups is 1. The first-order valence-electron chi connectivity index (χ1n) is 13.0. The summed E-state index contributed by atoms with van der Waals surface area (Å²) in [6.45, 7) is 7.39. The summed E-state index contributed by atoms with van der Waals surface area (Å²) in [7, 11) is 3.39. The number of hydrogen-bond donors (Lipinski definition) is 3. The first-order chi connectivity index (χ1) is 18.0. The maximum Gasteiger partial charge on any atom is 0.490 e. The smallest absolute Gasteiger partial charge is 0.490 e. The molecule has 8 nitrogen and oxygen atoms in total. The number of alkyl halides is 3. The monoisotopic (exact) mass is 563 g/mol. The van der Waals surface area contributed by atoms with Crippen LogP contribution in [0.3, 0.4) is 0 Å². The average Bonchev–Trinajstić information content (AvgIpc) is 3.26. The third-order valence-corrected chi connectivity index (χ3v) is 8.23. The molecule has 3 unspecified atom stereocenters. The molecule has 3 atom stereocenters. The Morgan fingerprint density at radius 3 is 2.42 bits per heavy atom. The van der Waals surface area contributed by atoms with Crippen molar-refractivity contribution in [1.82, 2.24) is 14.9 Å². The van der Waals surface area contributed by atoms with Gasteiger partial charge < -0.3 is 19.9 Å². The highest BCUT2D eigenvalue weighted by molar-refractivity contribution is 7.98. The average molecular weight is 564 g/mol. The maximum absolute atomic E-state index is 12.1. The molecule has 3 N–H and O–H groups in total. The summed E-state index contributed by atoms with van der Waals surface area (Å²) >= 11 is 1.61. The minimum Gasteiger partial charge on any atom is -0.493 e. The molecule has 3 rings (SSSR count). The van der Waals surface area contributed by atoms with Crippen LogP contribution in [0.15, 0.2) is 18.2 Å². The van der Waals surface area contributed by atoms with Gasteiger partial charge in [-0.2, -0.15) is 13.2 Å². The standard InChI is InChI=1S/C24H39N3O3S.C2HF3O2/c1-5-7-13-25-23(28)26-31-19-10-11-24(12-15-27(14-6-2)22(24)17-19)18-8-9-20(29-3)21(16-18)30-4;3-2(4,5)1(6)7/h8-9,16,19,22H,5-7,10-15,17H2,1-4H3,(H2,25,26,28);(H,6,7). The summed E-state index contributed by atoms with van der Waals surface area (Å²) in [5.74, 6) is -1.17. The summed E-state index contributed by atoms with van der Waals surface area (Å²) in [5.41, 5.74) is 1.51. The number of carboxylic acid groups (broad SMARTS) is 1. The fourth-order valence-corrected chi connectivity index (χ4v) is 6.17. The summed E-state index contributed by atoms with van der Waals surface area (Å²) < 4.78 is 45.9. The molecule has 216 valence electrons. The third kappa shape index (κ3) is 8.33. The van der Waals surface area contributed by atoms with Gasteiger partial charge in [-0.15, -0.1) is 0 Å². The van der Waals surface area contributed by atoms with Crippen LogP contribution < -0.4 is 19.5 Å². The van der Waals surface area contributed by atoms with Crippen LogP contribution in [0.5, 0.6) is 11.5 Å². The van der Waals surface area contributed by atoms with E-state index in [9.17, 15) is 18.0 Å². The quantitative estimate of drug-likeness (QED) is 0.260.